The van der Waals surface area contributed by atoms with Crippen molar-refractivity contribution >= 4 is 16.8 Å². The fourth-order valence-electron chi connectivity index (χ4n) is 2.85. The van der Waals surface area contributed by atoms with Gasteiger partial charge >= 0.3 is 0 Å². The smallest absolute Gasteiger partial charge is 0.242 e. The molecule has 0 saturated carbocycles. The standard InChI is InChI=1S/C16H19N3O2/c1-12-10-17-7-9-19(12)16(21)11-18-8-6-15(20)13-4-2-3-5-14(13)18/h2-6,8,12,17H,7,9-11H2,1H3/t12-/m1/s1. The van der Waals surface area contributed by atoms with Crippen LogP contribution >= 0.6 is 0 Å². The van der Waals surface area contributed by atoms with Crippen LogP contribution in [0.25, 0.3) is 10.9 Å². The zero-order valence-electron chi connectivity index (χ0n) is 12.1. The Bertz CT molecular complexity index is 723. The Labute approximate surface area is 123 Å². The minimum Gasteiger partial charge on any atom is -0.338 e. The predicted octanol–water partition coefficient (Wildman–Crippen LogP) is 0.822. The molecule has 110 valence electrons. The Morgan fingerprint density at radius 1 is 1.33 bits per heavy atom. The van der Waals surface area contributed by atoms with Crippen molar-refractivity contribution in [2.45, 2.75) is 19.5 Å². The molecule has 0 radical (unpaired) electrons. The third-order valence-electron chi connectivity index (χ3n) is 4.01. The van der Waals surface area contributed by atoms with Crippen molar-refractivity contribution in [3.8, 4) is 0 Å². The molecule has 1 atom stereocenters. The van der Waals surface area contributed by atoms with Crippen molar-refractivity contribution in [2.24, 2.45) is 0 Å². The highest BCUT2D eigenvalue weighted by molar-refractivity contribution is 5.82. The number of carbonyl (C=O) groups excluding carboxylic acids is 1. The van der Waals surface area contributed by atoms with Crippen LogP contribution in [-0.2, 0) is 11.3 Å². The van der Waals surface area contributed by atoms with Gasteiger partial charge in [0, 0.05) is 43.3 Å². The second-order valence-corrected chi connectivity index (χ2v) is 5.47. The third kappa shape index (κ3) is 2.69. The summed E-state index contributed by atoms with van der Waals surface area (Å²) in [6.45, 7) is 4.72. The zero-order chi connectivity index (χ0) is 14.8. The van der Waals surface area contributed by atoms with Crippen LogP contribution in [0.1, 0.15) is 6.92 Å². The summed E-state index contributed by atoms with van der Waals surface area (Å²) in [5.74, 6) is 0.0952. The Kier molecular flexibility index (Phi) is 3.75. The molecule has 2 aromatic rings. The first kappa shape index (κ1) is 13.8. The van der Waals surface area contributed by atoms with Crippen LogP contribution in [-0.4, -0.2) is 41.1 Å². The summed E-state index contributed by atoms with van der Waals surface area (Å²) in [5, 5.41) is 3.93. The molecule has 5 nitrogen and oxygen atoms in total. The molecule has 1 saturated heterocycles. The summed E-state index contributed by atoms with van der Waals surface area (Å²) < 4.78 is 1.85. The van der Waals surface area contributed by atoms with E-state index in [1.165, 1.54) is 6.07 Å². The number of hydrogen-bond donors (Lipinski definition) is 1. The van der Waals surface area contributed by atoms with Gasteiger partial charge in [0.15, 0.2) is 5.43 Å². The molecule has 0 aliphatic carbocycles. The first-order valence-electron chi connectivity index (χ1n) is 7.25. The second-order valence-electron chi connectivity index (χ2n) is 5.47. The molecule has 0 bridgehead atoms. The first-order chi connectivity index (χ1) is 10.2. The molecule has 1 aliphatic rings. The van der Waals surface area contributed by atoms with Crippen LogP contribution in [0.2, 0.25) is 0 Å². The van der Waals surface area contributed by atoms with E-state index in [2.05, 4.69) is 5.32 Å². The van der Waals surface area contributed by atoms with Crippen molar-refractivity contribution in [1.29, 1.82) is 0 Å². The number of benzene rings is 1. The van der Waals surface area contributed by atoms with E-state index >= 15 is 0 Å². The Balaban J connectivity index is 1.90. The normalized spacial score (nSPS) is 18.9. The van der Waals surface area contributed by atoms with E-state index in [0.29, 0.717) is 5.39 Å². The van der Waals surface area contributed by atoms with Gasteiger partial charge in [-0.1, -0.05) is 12.1 Å². The average molecular weight is 285 g/mol. The molecule has 0 spiro atoms. The van der Waals surface area contributed by atoms with E-state index in [4.69, 9.17) is 0 Å². The van der Waals surface area contributed by atoms with Crippen molar-refractivity contribution in [3.63, 3.8) is 0 Å². The first-order valence-corrected chi connectivity index (χ1v) is 7.25. The predicted molar refractivity (Wildman–Crippen MR) is 82.3 cm³/mol. The molecular formula is C16H19N3O2. The maximum atomic E-state index is 12.5. The van der Waals surface area contributed by atoms with Crippen molar-refractivity contribution < 1.29 is 4.79 Å². The van der Waals surface area contributed by atoms with E-state index < -0.39 is 0 Å². The van der Waals surface area contributed by atoms with Gasteiger partial charge in [0.2, 0.25) is 5.91 Å². The van der Waals surface area contributed by atoms with Gasteiger partial charge in [0.25, 0.3) is 0 Å². The van der Waals surface area contributed by atoms with Gasteiger partial charge in [-0.15, -0.1) is 0 Å². The Morgan fingerprint density at radius 3 is 2.95 bits per heavy atom. The highest BCUT2D eigenvalue weighted by Crippen LogP contribution is 2.11. The van der Waals surface area contributed by atoms with Crippen LogP contribution in [0.4, 0.5) is 0 Å². The highest BCUT2D eigenvalue weighted by atomic mass is 16.2. The van der Waals surface area contributed by atoms with Gasteiger partial charge < -0.3 is 14.8 Å². The number of nitrogens with one attached hydrogen (secondary N) is 1. The van der Waals surface area contributed by atoms with E-state index in [0.717, 1.165) is 25.2 Å². The van der Waals surface area contributed by atoms with Gasteiger partial charge in [-0.3, -0.25) is 9.59 Å². The summed E-state index contributed by atoms with van der Waals surface area (Å²) in [5.41, 5.74) is 0.797. The molecule has 1 aromatic carbocycles. The van der Waals surface area contributed by atoms with Crippen LogP contribution in [0, 0.1) is 0 Å². The average Bonchev–Trinajstić information content (AvgIpc) is 2.51. The van der Waals surface area contributed by atoms with Gasteiger partial charge in [0.05, 0.1) is 5.52 Å². The number of para-hydroxylation sites is 1. The lowest BCUT2D eigenvalue weighted by Gasteiger charge is -2.34. The lowest BCUT2D eigenvalue weighted by molar-refractivity contribution is -0.134. The van der Waals surface area contributed by atoms with Crippen LogP contribution in [0.3, 0.4) is 0 Å². The number of aromatic nitrogens is 1. The molecule has 5 heteroatoms. The minimum absolute atomic E-state index is 0.00941. The van der Waals surface area contributed by atoms with Crippen molar-refractivity contribution in [2.75, 3.05) is 19.6 Å². The SMILES string of the molecule is C[C@@H]1CNCCN1C(=O)Cn1ccc(=O)c2ccccc21. The van der Waals surface area contributed by atoms with Gasteiger partial charge in [-0.25, -0.2) is 0 Å². The van der Waals surface area contributed by atoms with Crippen molar-refractivity contribution in [1.82, 2.24) is 14.8 Å². The molecule has 2 heterocycles. The Hall–Kier alpha value is -2.14. The van der Waals surface area contributed by atoms with E-state index in [-0.39, 0.29) is 23.9 Å². The molecule has 1 aromatic heterocycles. The second kappa shape index (κ2) is 5.69. The summed E-state index contributed by atoms with van der Waals surface area (Å²) in [7, 11) is 0. The van der Waals surface area contributed by atoms with Gasteiger partial charge in [-0.2, -0.15) is 0 Å². The lowest BCUT2D eigenvalue weighted by atomic mass is 10.2. The monoisotopic (exact) mass is 285 g/mol. The number of rotatable bonds is 2. The number of piperazine rings is 1. The molecule has 21 heavy (non-hydrogen) atoms. The molecule has 1 aliphatic heterocycles. The Morgan fingerprint density at radius 2 is 2.14 bits per heavy atom. The third-order valence-corrected chi connectivity index (χ3v) is 4.01. The topological polar surface area (TPSA) is 54.3 Å². The summed E-state index contributed by atoms with van der Waals surface area (Å²) >= 11 is 0. The fourth-order valence-corrected chi connectivity index (χ4v) is 2.85. The number of nitrogens with zero attached hydrogens (tertiary/aromatic N) is 2. The zero-order valence-corrected chi connectivity index (χ0v) is 12.1. The van der Waals surface area contributed by atoms with E-state index in [1.54, 1.807) is 12.3 Å². The number of fused-ring (bicyclic) bond motifs is 1. The maximum absolute atomic E-state index is 12.5. The summed E-state index contributed by atoms with van der Waals surface area (Å²) in [6.07, 6.45) is 1.70. The maximum Gasteiger partial charge on any atom is 0.242 e. The highest BCUT2D eigenvalue weighted by Gasteiger charge is 2.23. The summed E-state index contributed by atoms with van der Waals surface area (Å²) in [4.78, 5) is 26.3. The number of pyridine rings is 1. The van der Waals surface area contributed by atoms with Crippen LogP contribution in [0.5, 0.6) is 0 Å². The quantitative estimate of drug-likeness (QED) is 0.889. The molecule has 1 fully saturated rings. The van der Waals surface area contributed by atoms with Crippen LogP contribution < -0.4 is 10.7 Å². The van der Waals surface area contributed by atoms with Crippen molar-refractivity contribution in [3.05, 3.63) is 46.8 Å². The fraction of sp³-hybridized carbons (Fsp3) is 0.375. The number of hydrogen-bond acceptors (Lipinski definition) is 3. The van der Waals surface area contributed by atoms with Gasteiger partial charge in [-0.05, 0) is 19.1 Å². The largest absolute Gasteiger partial charge is 0.338 e. The molecule has 1 amide bonds. The number of carbonyl (C=O) groups is 1. The van der Waals surface area contributed by atoms with Gasteiger partial charge in [0.1, 0.15) is 6.54 Å². The molecule has 1 N–H and O–H groups in total. The van der Waals surface area contributed by atoms with Crippen LogP contribution in [0.15, 0.2) is 41.3 Å². The lowest BCUT2D eigenvalue weighted by Crippen LogP contribution is -2.53. The molecule has 0 unspecified atom stereocenters. The summed E-state index contributed by atoms with van der Waals surface area (Å²) in [6, 6.07) is 9.13. The minimum atomic E-state index is -0.00941. The molecular weight excluding hydrogens is 266 g/mol. The molecule has 3 rings (SSSR count). The van der Waals surface area contributed by atoms with E-state index in [1.807, 2.05) is 34.6 Å². The number of amides is 1. The van der Waals surface area contributed by atoms with E-state index in [9.17, 15) is 9.59 Å².